The molecule has 0 N–H and O–H groups in total. The summed E-state index contributed by atoms with van der Waals surface area (Å²) in [5.41, 5.74) is 4.43. The van der Waals surface area contributed by atoms with Crippen LogP contribution in [-0.2, 0) is 15.1 Å². The average Bonchev–Trinajstić information content (AvgIpc) is 3.46. The molecule has 8 atom stereocenters. The van der Waals surface area contributed by atoms with Crippen LogP contribution >= 0.6 is 0 Å². The van der Waals surface area contributed by atoms with Gasteiger partial charge >= 0.3 is 0 Å². The average molecular weight is 643 g/mol. The highest BCUT2D eigenvalue weighted by molar-refractivity contribution is 5.94. The van der Waals surface area contributed by atoms with Crippen molar-refractivity contribution in [3.05, 3.63) is 119 Å². The molecular weight excluding hydrogens is 585 g/mol. The SMILES string of the molecule is CC(C)CCC[C@@H](C)[C@H]1CC[C@H]2[C@@H]3C(=O)C=C4CC(OC(c5ccccc5)(c5ccccc5)c5ccccc5)CC[C@]4(C)[C@H]3CC[C@]12C. The van der Waals surface area contributed by atoms with E-state index in [4.69, 9.17) is 4.74 Å². The maximum atomic E-state index is 14.4. The Kier molecular flexibility index (Phi) is 9.35. The first-order valence-corrected chi connectivity index (χ1v) is 19.3. The Bertz CT molecular complexity index is 1480. The Balaban J connectivity index is 1.17. The molecule has 0 aromatic heterocycles. The summed E-state index contributed by atoms with van der Waals surface area (Å²) < 4.78 is 7.52. The predicted octanol–water partition coefficient (Wildman–Crippen LogP) is 11.6. The maximum absolute atomic E-state index is 14.4. The fourth-order valence-corrected chi connectivity index (χ4v) is 11.5. The molecule has 3 aromatic rings. The van der Waals surface area contributed by atoms with Crippen LogP contribution in [0.3, 0.4) is 0 Å². The van der Waals surface area contributed by atoms with E-state index in [-0.39, 0.29) is 17.4 Å². The molecule has 0 spiro atoms. The van der Waals surface area contributed by atoms with Crippen LogP contribution in [0.25, 0.3) is 0 Å². The number of ether oxygens (including phenoxy) is 1. The normalized spacial score (nSPS) is 32.2. The topological polar surface area (TPSA) is 26.3 Å². The number of carbonyl (C=O) groups excluding carboxylic acids is 1. The van der Waals surface area contributed by atoms with Crippen LogP contribution < -0.4 is 0 Å². The van der Waals surface area contributed by atoms with Crippen LogP contribution in [0.5, 0.6) is 0 Å². The Hall–Kier alpha value is -2.97. The lowest BCUT2D eigenvalue weighted by atomic mass is 9.46. The Labute approximate surface area is 290 Å². The Morgan fingerprint density at radius 1 is 0.729 bits per heavy atom. The fourth-order valence-electron chi connectivity index (χ4n) is 11.5. The van der Waals surface area contributed by atoms with Crippen molar-refractivity contribution in [1.82, 2.24) is 0 Å². The first-order valence-electron chi connectivity index (χ1n) is 19.3. The summed E-state index contributed by atoms with van der Waals surface area (Å²) in [7, 11) is 0. The lowest BCUT2D eigenvalue weighted by Crippen LogP contribution is -2.54. The highest BCUT2D eigenvalue weighted by Crippen LogP contribution is 2.67. The van der Waals surface area contributed by atoms with Gasteiger partial charge in [-0.05, 0) is 108 Å². The van der Waals surface area contributed by atoms with Gasteiger partial charge in [0.15, 0.2) is 5.78 Å². The molecule has 4 aliphatic carbocycles. The minimum atomic E-state index is -0.735. The van der Waals surface area contributed by atoms with Crippen LogP contribution in [0.1, 0.15) is 116 Å². The summed E-state index contributed by atoms with van der Waals surface area (Å²) in [6.45, 7) is 12.3. The minimum absolute atomic E-state index is 0.0192. The Morgan fingerprint density at radius 2 is 1.31 bits per heavy atom. The van der Waals surface area contributed by atoms with Gasteiger partial charge in [-0.3, -0.25) is 4.79 Å². The van der Waals surface area contributed by atoms with E-state index < -0.39 is 5.60 Å². The van der Waals surface area contributed by atoms with Gasteiger partial charge in [-0.1, -0.05) is 150 Å². The van der Waals surface area contributed by atoms with Crippen LogP contribution in [0.2, 0.25) is 0 Å². The summed E-state index contributed by atoms with van der Waals surface area (Å²) >= 11 is 0. The van der Waals surface area contributed by atoms with Gasteiger partial charge < -0.3 is 4.74 Å². The summed E-state index contributed by atoms with van der Waals surface area (Å²) in [6, 6.07) is 32.2. The van der Waals surface area contributed by atoms with Crippen molar-refractivity contribution < 1.29 is 9.53 Å². The van der Waals surface area contributed by atoms with E-state index in [1.54, 1.807) is 0 Å². The highest BCUT2D eigenvalue weighted by atomic mass is 16.5. The van der Waals surface area contributed by atoms with Crippen LogP contribution in [-0.4, -0.2) is 11.9 Å². The van der Waals surface area contributed by atoms with Crippen molar-refractivity contribution in [2.45, 2.75) is 111 Å². The van der Waals surface area contributed by atoms with Gasteiger partial charge in [0.05, 0.1) is 6.10 Å². The molecule has 254 valence electrons. The second-order valence-electron chi connectivity index (χ2n) is 17.0. The van der Waals surface area contributed by atoms with Crippen molar-refractivity contribution in [3.8, 4) is 0 Å². The van der Waals surface area contributed by atoms with Gasteiger partial charge in [-0.15, -0.1) is 0 Å². The van der Waals surface area contributed by atoms with Gasteiger partial charge in [0, 0.05) is 5.92 Å². The second-order valence-corrected chi connectivity index (χ2v) is 17.0. The molecule has 0 radical (unpaired) electrons. The third-order valence-electron chi connectivity index (χ3n) is 14.0. The molecule has 1 unspecified atom stereocenters. The van der Waals surface area contributed by atoms with E-state index in [1.165, 1.54) is 50.5 Å². The number of ketones is 1. The number of hydrogen-bond acceptors (Lipinski definition) is 2. The summed E-state index contributed by atoms with van der Waals surface area (Å²) in [4.78, 5) is 14.4. The van der Waals surface area contributed by atoms with Gasteiger partial charge in [-0.25, -0.2) is 0 Å². The van der Waals surface area contributed by atoms with E-state index in [1.807, 2.05) is 0 Å². The largest absolute Gasteiger partial charge is 0.357 e. The van der Waals surface area contributed by atoms with Crippen molar-refractivity contribution in [2.75, 3.05) is 0 Å². The third kappa shape index (κ3) is 5.74. The van der Waals surface area contributed by atoms with E-state index in [0.717, 1.165) is 53.7 Å². The van der Waals surface area contributed by atoms with Gasteiger partial charge in [0.25, 0.3) is 0 Å². The van der Waals surface area contributed by atoms with Crippen molar-refractivity contribution >= 4 is 5.78 Å². The smallest absolute Gasteiger partial charge is 0.159 e. The number of fused-ring (bicyclic) bond motifs is 5. The fraction of sp³-hybridized carbons (Fsp3) is 0.543. The van der Waals surface area contributed by atoms with Crippen LogP contribution in [0.15, 0.2) is 103 Å². The van der Waals surface area contributed by atoms with Crippen molar-refractivity contribution in [3.63, 3.8) is 0 Å². The van der Waals surface area contributed by atoms with E-state index in [2.05, 4.69) is 132 Å². The molecule has 48 heavy (non-hydrogen) atoms. The zero-order valence-electron chi connectivity index (χ0n) is 30.2. The first kappa shape index (κ1) is 33.5. The molecular formula is C46H58O2. The molecule has 3 aromatic carbocycles. The lowest BCUT2D eigenvalue weighted by Gasteiger charge is -2.58. The molecule has 0 bridgehead atoms. The van der Waals surface area contributed by atoms with E-state index in [9.17, 15) is 4.79 Å². The monoisotopic (exact) mass is 642 g/mol. The van der Waals surface area contributed by atoms with Crippen molar-refractivity contribution in [2.24, 2.45) is 46.3 Å². The molecule has 0 saturated heterocycles. The maximum Gasteiger partial charge on any atom is 0.159 e. The standard InChI is InChI=1S/C46H58O2/c1-32(2)16-15-17-33(3)39-24-25-40-43-41(27-29-45(39,40)5)44(4)28-26-38(30-37(44)31-42(43)47)48-46(34-18-9-6-10-19-34,35-20-11-7-12-21-35)36-22-13-8-14-23-36/h6-14,18-23,31-33,38-41,43H,15-17,24-30H2,1-5H3/t33-,38?,39-,40+,41+,43+,44+,45-/m1/s1. The van der Waals surface area contributed by atoms with Crippen LogP contribution in [0.4, 0.5) is 0 Å². The first-order chi connectivity index (χ1) is 23.2. The van der Waals surface area contributed by atoms with Crippen LogP contribution in [0, 0.1) is 46.3 Å². The molecule has 2 heteroatoms. The zero-order valence-corrected chi connectivity index (χ0v) is 30.2. The summed E-state index contributed by atoms with van der Waals surface area (Å²) in [5, 5.41) is 0. The number of carbonyl (C=O) groups is 1. The molecule has 7 rings (SSSR count). The quantitative estimate of drug-likeness (QED) is 0.206. The molecule has 0 aliphatic heterocycles. The predicted molar refractivity (Wildman–Crippen MR) is 198 cm³/mol. The third-order valence-corrected chi connectivity index (χ3v) is 14.0. The number of hydrogen-bond donors (Lipinski definition) is 0. The second kappa shape index (κ2) is 13.4. The zero-order chi connectivity index (χ0) is 33.5. The van der Waals surface area contributed by atoms with E-state index in [0.29, 0.717) is 23.0 Å². The lowest BCUT2D eigenvalue weighted by molar-refractivity contribution is -0.136. The number of allylic oxidation sites excluding steroid dienone is 1. The van der Waals surface area contributed by atoms with Gasteiger partial charge in [0.2, 0.25) is 0 Å². The molecule has 0 amide bonds. The van der Waals surface area contributed by atoms with E-state index >= 15 is 0 Å². The van der Waals surface area contributed by atoms with Gasteiger partial charge in [0.1, 0.15) is 5.60 Å². The van der Waals surface area contributed by atoms with Crippen molar-refractivity contribution in [1.29, 1.82) is 0 Å². The number of benzene rings is 3. The Morgan fingerprint density at radius 3 is 1.88 bits per heavy atom. The molecule has 2 nitrogen and oxygen atoms in total. The minimum Gasteiger partial charge on any atom is -0.357 e. The summed E-state index contributed by atoms with van der Waals surface area (Å²) in [6.07, 6.45) is 14.1. The molecule has 3 saturated carbocycles. The van der Waals surface area contributed by atoms with Gasteiger partial charge in [-0.2, -0.15) is 0 Å². The number of rotatable bonds is 10. The molecule has 0 heterocycles. The molecule has 4 aliphatic rings. The summed E-state index contributed by atoms with van der Waals surface area (Å²) in [5.74, 6) is 3.91. The highest BCUT2D eigenvalue weighted by Gasteiger charge is 2.61. The molecule has 3 fully saturated rings.